The number of benzene rings is 2. The maximum Gasteiger partial charge on any atom is 0.256 e. The number of aryl methyl sites for hydroxylation is 2. The van der Waals surface area contributed by atoms with Crippen molar-refractivity contribution in [1.29, 1.82) is 0 Å². The van der Waals surface area contributed by atoms with Gasteiger partial charge in [-0.25, -0.2) is 4.39 Å². The number of hydrogen-bond acceptors (Lipinski definition) is 4. The number of halogens is 1. The van der Waals surface area contributed by atoms with Gasteiger partial charge in [0.15, 0.2) is 5.82 Å². The van der Waals surface area contributed by atoms with Crippen molar-refractivity contribution in [3.05, 3.63) is 82.7 Å². The van der Waals surface area contributed by atoms with Crippen molar-refractivity contribution in [2.45, 2.75) is 24.6 Å². The van der Waals surface area contributed by atoms with E-state index >= 15 is 0 Å². The second kappa shape index (κ2) is 8.10. The molecule has 0 unspecified atom stereocenters. The van der Waals surface area contributed by atoms with Crippen LogP contribution in [0.5, 0.6) is 0 Å². The standard InChI is InChI=1S/C20H18FN3OS/c1-13-6-7-14(2)16(10-13)12-26-19-9-8-18(23-24-19)22-20(25)15-4-3-5-17(21)11-15/h3-11H,12H2,1-2H3,(H,22,23,25). The van der Waals surface area contributed by atoms with Crippen LogP contribution in [0, 0.1) is 19.7 Å². The Morgan fingerprint density at radius 3 is 2.65 bits per heavy atom. The van der Waals surface area contributed by atoms with Crippen LogP contribution in [0.1, 0.15) is 27.0 Å². The lowest BCUT2D eigenvalue weighted by molar-refractivity contribution is 0.102. The minimum Gasteiger partial charge on any atom is -0.305 e. The summed E-state index contributed by atoms with van der Waals surface area (Å²) in [5, 5.41) is 11.5. The second-order valence-electron chi connectivity index (χ2n) is 5.94. The number of carbonyl (C=O) groups is 1. The van der Waals surface area contributed by atoms with E-state index in [-0.39, 0.29) is 5.56 Å². The Kier molecular flexibility index (Phi) is 5.63. The first-order valence-electron chi connectivity index (χ1n) is 8.11. The smallest absolute Gasteiger partial charge is 0.256 e. The average molecular weight is 367 g/mol. The van der Waals surface area contributed by atoms with Crippen molar-refractivity contribution in [1.82, 2.24) is 10.2 Å². The minimum atomic E-state index is -0.457. The summed E-state index contributed by atoms with van der Waals surface area (Å²) in [6.45, 7) is 4.16. The van der Waals surface area contributed by atoms with Gasteiger partial charge in [-0.3, -0.25) is 4.79 Å². The summed E-state index contributed by atoms with van der Waals surface area (Å²) in [4.78, 5) is 12.1. The average Bonchev–Trinajstić information content (AvgIpc) is 2.63. The summed E-state index contributed by atoms with van der Waals surface area (Å²) in [6.07, 6.45) is 0. The number of hydrogen-bond donors (Lipinski definition) is 1. The summed E-state index contributed by atoms with van der Waals surface area (Å²) in [5.41, 5.74) is 3.98. The zero-order chi connectivity index (χ0) is 18.5. The highest BCUT2D eigenvalue weighted by molar-refractivity contribution is 7.98. The van der Waals surface area contributed by atoms with E-state index in [0.29, 0.717) is 5.82 Å². The van der Waals surface area contributed by atoms with Gasteiger partial charge in [0, 0.05) is 11.3 Å². The monoisotopic (exact) mass is 367 g/mol. The fraction of sp³-hybridized carbons (Fsp3) is 0.150. The van der Waals surface area contributed by atoms with Crippen molar-refractivity contribution in [3.8, 4) is 0 Å². The summed E-state index contributed by atoms with van der Waals surface area (Å²) in [7, 11) is 0. The lowest BCUT2D eigenvalue weighted by atomic mass is 10.1. The molecule has 0 bridgehead atoms. The minimum absolute atomic E-state index is 0.236. The van der Waals surface area contributed by atoms with Gasteiger partial charge in [0.2, 0.25) is 0 Å². The fourth-order valence-corrected chi connectivity index (χ4v) is 3.27. The van der Waals surface area contributed by atoms with Gasteiger partial charge in [-0.05, 0) is 55.3 Å². The molecule has 3 aromatic rings. The van der Waals surface area contributed by atoms with Crippen molar-refractivity contribution in [2.75, 3.05) is 5.32 Å². The summed E-state index contributed by atoms with van der Waals surface area (Å²) in [6, 6.07) is 15.4. The molecule has 0 atom stereocenters. The van der Waals surface area contributed by atoms with E-state index in [9.17, 15) is 9.18 Å². The first-order valence-corrected chi connectivity index (χ1v) is 9.09. The molecule has 1 amide bonds. The van der Waals surface area contributed by atoms with Crippen LogP contribution in [-0.4, -0.2) is 16.1 Å². The van der Waals surface area contributed by atoms with Crippen LogP contribution in [0.2, 0.25) is 0 Å². The zero-order valence-electron chi connectivity index (χ0n) is 14.5. The van der Waals surface area contributed by atoms with Crippen LogP contribution in [0.3, 0.4) is 0 Å². The topological polar surface area (TPSA) is 54.9 Å². The van der Waals surface area contributed by atoms with E-state index in [4.69, 9.17) is 0 Å². The van der Waals surface area contributed by atoms with Gasteiger partial charge in [-0.1, -0.05) is 41.6 Å². The maximum absolute atomic E-state index is 13.2. The molecule has 0 saturated heterocycles. The van der Waals surface area contributed by atoms with Crippen molar-refractivity contribution in [2.24, 2.45) is 0 Å². The Hall–Kier alpha value is -2.73. The first kappa shape index (κ1) is 18.1. The first-order chi connectivity index (χ1) is 12.5. The molecule has 26 heavy (non-hydrogen) atoms. The van der Waals surface area contributed by atoms with Crippen LogP contribution in [-0.2, 0) is 5.75 Å². The molecule has 1 aromatic heterocycles. The highest BCUT2D eigenvalue weighted by Gasteiger charge is 2.08. The molecule has 0 radical (unpaired) electrons. The Morgan fingerprint density at radius 1 is 1.08 bits per heavy atom. The lowest BCUT2D eigenvalue weighted by Gasteiger charge is -2.07. The Bertz CT molecular complexity index is 929. The molecule has 0 spiro atoms. The van der Waals surface area contributed by atoms with Crippen molar-refractivity contribution < 1.29 is 9.18 Å². The summed E-state index contributed by atoms with van der Waals surface area (Å²) in [5.74, 6) is 0.254. The van der Waals surface area contributed by atoms with Gasteiger partial charge in [-0.15, -0.1) is 10.2 Å². The third-order valence-corrected chi connectivity index (χ3v) is 4.82. The molecule has 3 rings (SSSR count). The molecule has 1 N–H and O–H groups in total. The molecule has 0 aliphatic carbocycles. The van der Waals surface area contributed by atoms with Crippen LogP contribution >= 0.6 is 11.8 Å². The molecule has 132 valence electrons. The van der Waals surface area contributed by atoms with Gasteiger partial charge < -0.3 is 5.32 Å². The molecule has 0 aliphatic heterocycles. The maximum atomic E-state index is 13.2. The number of aromatic nitrogens is 2. The highest BCUT2D eigenvalue weighted by atomic mass is 32.2. The van der Waals surface area contributed by atoms with Gasteiger partial charge in [0.05, 0.1) is 0 Å². The quantitative estimate of drug-likeness (QED) is 0.660. The Balaban J connectivity index is 1.61. The van der Waals surface area contributed by atoms with Crippen molar-refractivity contribution in [3.63, 3.8) is 0 Å². The molecular formula is C20H18FN3OS. The number of nitrogens with zero attached hydrogens (tertiary/aromatic N) is 2. The van der Waals surface area contributed by atoms with Crippen LogP contribution in [0.25, 0.3) is 0 Å². The molecule has 0 aliphatic rings. The van der Waals surface area contributed by atoms with Gasteiger partial charge in [-0.2, -0.15) is 0 Å². The van der Waals surface area contributed by atoms with Gasteiger partial charge >= 0.3 is 0 Å². The molecule has 4 nitrogen and oxygen atoms in total. The number of thioether (sulfide) groups is 1. The SMILES string of the molecule is Cc1ccc(C)c(CSc2ccc(NC(=O)c3cccc(F)c3)nn2)c1. The predicted molar refractivity (Wildman–Crippen MR) is 102 cm³/mol. The fourth-order valence-electron chi connectivity index (χ4n) is 2.39. The van der Waals surface area contributed by atoms with E-state index < -0.39 is 11.7 Å². The third kappa shape index (κ3) is 4.67. The lowest BCUT2D eigenvalue weighted by Crippen LogP contribution is -2.13. The molecule has 2 aromatic carbocycles. The van der Waals surface area contributed by atoms with Crippen LogP contribution < -0.4 is 5.32 Å². The summed E-state index contributed by atoms with van der Waals surface area (Å²) < 4.78 is 13.2. The predicted octanol–water partition coefficient (Wildman–Crippen LogP) is 4.78. The van der Waals surface area contributed by atoms with Crippen molar-refractivity contribution >= 4 is 23.5 Å². The molecular weight excluding hydrogens is 349 g/mol. The van der Waals surface area contributed by atoms with E-state index in [1.165, 1.54) is 34.9 Å². The number of nitrogens with one attached hydrogen (secondary N) is 1. The van der Waals surface area contributed by atoms with Crippen LogP contribution in [0.15, 0.2) is 59.6 Å². The highest BCUT2D eigenvalue weighted by Crippen LogP contribution is 2.23. The molecule has 1 heterocycles. The molecule has 0 fully saturated rings. The molecule has 0 saturated carbocycles. The number of anilines is 1. The molecule has 6 heteroatoms. The largest absolute Gasteiger partial charge is 0.305 e. The number of carbonyl (C=O) groups excluding carboxylic acids is 1. The van der Waals surface area contributed by atoms with Crippen LogP contribution in [0.4, 0.5) is 10.2 Å². The zero-order valence-corrected chi connectivity index (χ0v) is 15.3. The number of rotatable bonds is 5. The van der Waals surface area contributed by atoms with E-state index in [1.807, 2.05) is 6.07 Å². The van der Waals surface area contributed by atoms with Gasteiger partial charge in [0.25, 0.3) is 5.91 Å². The Labute approximate surface area is 155 Å². The Morgan fingerprint density at radius 2 is 1.92 bits per heavy atom. The van der Waals surface area contributed by atoms with E-state index in [1.54, 1.807) is 23.9 Å². The second-order valence-corrected chi connectivity index (χ2v) is 6.94. The van der Waals surface area contributed by atoms with Gasteiger partial charge in [0.1, 0.15) is 10.8 Å². The normalized spacial score (nSPS) is 10.6. The van der Waals surface area contributed by atoms with E-state index in [2.05, 4.69) is 47.6 Å². The summed E-state index contributed by atoms with van der Waals surface area (Å²) >= 11 is 1.59. The third-order valence-electron chi connectivity index (χ3n) is 3.85. The number of amides is 1. The van der Waals surface area contributed by atoms with E-state index in [0.717, 1.165) is 10.8 Å².